The summed E-state index contributed by atoms with van der Waals surface area (Å²) in [4.78, 5) is 7.75. The van der Waals surface area contributed by atoms with E-state index >= 15 is 0 Å². The predicted molar refractivity (Wildman–Crippen MR) is 79.8 cm³/mol. The quantitative estimate of drug-likeness (QED) is 0.698. The molecular weight excluding hydrogens is 327 g/mol. The first kappa shape index (κ1) is 12.7. The largest absolute Gasteiger partial charge is 0.333 e. The standard InChI is InChI=1S/C14H10BrFN2S/c15-11-7-10(16)6-5-9(11)8-19-14-17-12-3-1-2-4-13(12)18-14/h1-7H,8H2,(H,17,18). The maximum absolute atomic E-state index is 13.0. The number of rotatable bonds is 3. The van der Waals surface area contributed by atoms with Crippen LogP contribution in [-0.2, 0) is 5.75 Å². The number of hydrogen-bond donors (Lipinski definition) is 1. The molecule has 0 aliphatic rings. The fourth-order valence-corrected chi connectivity index (χ4v) is 3.35. The van der Waals surface area contributed by atoms with Crippen LogP contribution in [0.5, 0.6) is 0 Å². The van der Waals surface area contributed by atoms with Gasteiger partial charge >= 0.3 is 0 Å². The number of benzene rings is 2. The summed E-state index contributed by atoms with van der Waals surface area (Å²) in [6.45, 7) is 0. The first-order valence-electron chi connectivity index (χ1n) is 5.74. The summed E-state index contributed by atoms with van der Waals surface area (Å²) < 4.78 is 13.8. The topological polar surface area (TPSA) is 28.7 Å². The Morgan fingerprint density at radius 2 is 2.05 bits per heavy atom. The Morgan fingerprint density at radius 3 is 2.84 bits per heavy atom. The maximum atomic E-state index is 13.0. The minimum Gasteiger partial charge on any atom is -0.333 e. The van der Waals surface area contributed by atoms with Crippen molar-refractivity contribution in [1.29, 1.82) is 0 Å². The molecule has 1 heterocycles. The molecule has 0 saturated heterocycles. The third-order valence-corrected chi connectivity index (χ3v) is 4.41. The molecule has 96 valence electrons. The number of H-pyrrole nitrogens is 1. The van der Waals surface area contributed by atoms with Gasteiger partial charge in [-0.25, -0.2) is 9.37 Å². The summed E-state index contributed by atoms with van der Waals surface area (Å²) in [7, 11) is 0. The van der Waals surface area contributed by atoms with Gasteiger partial charge in [0.1, 0.15) is 5.82 Å². The second-order valence-electron chi connectivity index (χ2n) is 4.08. The highest BCUT2D eigenvalue weighted by Gasteiger charge is 2.06. The molecule has 1 aromatic heterocycles. The molecule has 0 fully saturated rings. The van der Waals surface area contributed by atoms with Gasteiger partial charge in [-0.3, -0.25) is 0 Å². The molecule has 0 aliphatic heterocycles. The summed E-state index contributed by atoms with van der Waals surface area (Å²) in [5.41, 5.74) is 3.04. The number of nitrogens with zero attached hydrogens (tertiary/aromatic N) is 1. The highest BCUT2D eigenvalue weighted by atomic mass is 79.9. The number of hydrogen-bond acceptors (Lipinski definition) is 2. The maximum Gasteiger partial charge on any atom is 0.166 e. The van der Waals surface area contributed by atoms with Gasteiger partial charge in [0.05, 0.1) is 11.0 Å². The third-order valence-electron chi connectivity index (χ3n) is 2.75. The van der Waals surface area contributed by atoms with Gasteiger partial charge in [0.25, 0.3) is 0 Å². The van der Waals surface area contributed by atoms with E-state index in [9.17, 15) is 4.39 Å². The lowest BCUT2D eigenvalue weighted by atomic mass is 10.2. The number of fused-ring (bicyclic) bond motifs is 1. The lowest BCUT2D eigenvalue weighted by Gasteiger charge is -2.02. The zero-order valence-corrected chi connectivity index (χ0v) is 12.3. The Morgan fingerprint density at radius 1 is 1.21 bits per heavy atom. The molecule has 0 bridgehead atoms. The molecule has 0 amide bonds. The SMILES string of the molecule is Fc1ccc(CSc2nc3ccccc3[nH]2)c(Br)c1. The van der Waals surface area contributed by atoms with E-state index in [2.05, 4.69) is 25.9 Å². The van der Waals surface area contributed by atoms with Gasteiger partial charge in [-0.2, -0.15) is 0 Å². The van der Waals surface area contributed by atoms with Gasteiger partial charge in [0.2, 0.25) is 0 Å². The van der Waals surface area contributed by atoms with Crippen LogP contribution in [0.2, 0.25) is 0 Å². The molecule has 0 radical (unpaired) electrons. The Hall–Kier alpha value is -1.33. The highest BCUT2D eigenvalue weighted by molar-refractivity contribution is 9.10. The van der Waals surface area contributed by atoms with E-state index in [0.717, 1.165) is 32.0 Å². The van der Waals surface area contributed by atoms with Gasteiger partial charge in [0.15, 0.2) is 5.16 Å². The van der Waals surface area contributed by atoms with Crippen molar-refractivity contribution in [3.63, 3.8) is 0 Å². The van der Waals surface area contributed by atoms with Crippen molar-refractivity contribution in [3.8, 4) is 0 Å². The number of halogens is 2. The van der Waals surface area contributed by atoms with Gasteiger partial charge in [0, 0.05) is 10.2 Å². The van der Waals surface area contributed by atoms with Crippen LogP contribution < -0.4 is 0 Å². The van der Waals surface area contributed by atoms with E-state index in [0.29, 0.717) is 0 Å². The molecule has 2 aromatic carbocycles. The summed E-state index contributed by atoms with van der Waals surface area (Å²) in [5.74, 6) is 0.505. The second kappa shape index (κ2) is 5.35. The van der Waals surface area contributed by atoms with E-state index in [-0.39, 0.29) is 5.82 Å². The Kier molecular flexibility index (Phi) is 3.57. The first-order valence-corrected chi connectivity index (χ1v) is 7.52. The van der Waals surface area contributed by atoms with Crippen LogP contribution in [-0.4, -0.2) is 9.97 Å². The molecule has 0 unspecified atom stereocenters. The number of thioether (sulfide) groups is 1. The van der Waals surface area contributed by atoms with Crippen molar-refractivity contribution in [2.45, 2.75) is 10.9 Å². The zero-order chi connectivity index (χ0) is 13.2. The summed E-state index contributed by atoms with van der Waals surface area (Å²) in [6.07, 6.45) is 0. The zero-order valence-electron chi connectivity index (χ0n) is 9.86. The second-order valence-corrected chi connectivity index (χ2v) is 5.90. The van der Waals surface area contributed by atoms with E-state index in [1.54, 1.807) is 17.8 Å². The molecule has 3 rings (SSSR count). The van der Waals surface area contributed by atoms with Crippen LogP contribution in [0, 0.1) is 5.82 Å². The lowest BCUT2D eigenvalue weighted by molar-refractivity contribution is 0.626. The van der Waals surface area contributed by atoms with Crippen molar-refractivity contribution in [2.24, 2.45) is 0 Å². The molecular formula is C14H10BrFN2S. The van der Waals surface area contributed by atoms with Gasteiger partial charge in [-0.05, 0) is 29.8 Å². The number of aromatic nitrogens is 2. The van der Waals surface area contributed by atoms with E-state index in [1.165, 1.54) is 12.1 Å². The fraction of sp³-hybridized carbons (Fsp3) is 0.0714. The molecule has 19 heavy (non-hydrogen) atoms. The number of para-hydroxylation sites is 2. The van der Waals surface area contributed by atoms with Crippen molar-refractivity contribution < 1.29 is 4.39 Å². The number of nitrogens with one attached hydrogen (secondary N) is 1. The van der Waals surface area contributed by atoms with Gasteiger partial charge in [-0.1, -0.05) is 45.9 Å². The molecule has 1 N–H and O–H groups in total. The van der Waals surface area contributed by atoms with Crippen LogP contribution in [0.3, 0.4) is 0 Å². The molecule has 2 nitrogen and oxygen atoms in total. The Bertz CT molecular complexity index is 693. The van der Waals surface area contributed by atoms with Crippen LogP contribution in [0.1, 0.15) is 5.56 Å². The van der Waals surface area contributed by atoms with Crippen molar-refractivity contribution in [2.75, 3.05) is 0 Å². The molecule has 5 heteroatoms. The van der Waals surface area contributed by atoms with E-state index in [1.807, 2.05) is 24.3 Å². The third kappa shape index (κ3) is 2.82. The first-order chi connectivity index (χ1) is 9.22. The molecule has 0 aliphatic carbocycles. The summed E-state index contributed by atoms with van der Waals surface area (Å²) in [6, 6.07) is 12.7. The van der Waals surface area contributed by atoms with Crippen LogP contribution in [0.25, 0.3) is 11.0 Å². The minimum atomic E-state index is -0.232. The Balaban J connectivity index is 1.78. The highest BCUT2D eigenvalue weighted by Crippen LogP contribution is 2.27. The van der Waals surface area contributed by atoms with Crippen molar-refractivity contribution in [1.82, 2.24) is 9.97 Å². The lowest BCUT2D eigenvalue weighted by Crippen LogP contribution is -1.85. The van der Waals surface area contributed by atoms with Crippen molar-refractivity contribution >= 4 is 38.7 Å². The fourth-order valence-electron chi connectivity index (χ4n) is 1.78. The van der Waals surface area contributed by atoms with E-state index < -0.39 is 0 Å². The smallest absolute Gasteiger partial charge is 0.166 e. The van der Waals surface area contributed by atoms with Gasteiger partial charge < -0.3 is 4.98 Å². The molecule has 0 atom stereocenters. The van der Waals surface area contributed by atoms with Crippen LogP contribution in [0.15, 0.2) is 52.1 Å². The van der Waals surface area contributed by atoms with Crippen LogP contribution in [0.4, 0.5) is 4.39 Å². The molecule has 0 spiro atoms. The number of imidazole rings is 1. The summed E-state index contributed by atoms with van der Waals surface area (Å²) in [5, 5.41) is 0.873. The normalized spacial score (nSPS) is 11.1. The minimum absolute atomic E-state index is 0.232. The van der Waals surface area contributed by atoms with Crippen molar-refractivity contribution in [3.05, 3.63) is 58.3 Å². The average Bonchev–Trinajstić information content (AvgIpc) is 2.80. The van der Waals surface area contributed by atoms with Gasteiger partial charge in [-0.15, -0.1) is 0 Å². The number of aromatic amines is 1. The monoisotopic (exact) mass is 336 g/mol. The molecule has 0 saturated carbocycles. The van der Waals surface area contributed by atoms with Crippen LogP contribution >= 0.6 is 27.7 Å². The molecule has 3 aromatic rings. The average molecular weight is 337 g/mol. The van der Waals surface area contributed by atoms with E-state index in [4.69, 9.17) is 0 Å². The summed E-state index contributed by atoms with van der Waals surface area (Å²) >= 11 is 4.97. The predicted octanol–water partition coefficient (Wildman–Crippen LogP) is 4.76. The Labute approximate surface area is 122 Å².